The number of aliphatic carboxylic acids is 2. The van der Waals surface area contributed by atoms with Gasteiger partial charge in [-0.15, -0.1) is 0 Å². The van der Waals surface area contributed by atoms with Crippen molar-refractivity contribution in [3.05, 3.63) is 81.3 Å². The third-order valence-corrected chi connectivity index (χ3v) is 11.7. The van der Waals surface area contributed by atoms with E-state index in [1.54, 1.807) is 6.92 Å². The molecule has 8 bridgehead atoms. The van der Waals surface area contributed by atoms with E-state index in [-0.39, 0.29) is 37.2 Å². The Kier molecular flexibility index (Phi) is 10.2. The lowest BCUT2D eigenvalue weighted by Gasteiger charge is -2.11. The van der Waals surface area contributed by atoms with Crippen LogP contribution in [0.4, 0.5) is 0 Å². The van der Waals surface area contributed by atoms with Crippen molar-refractivity contribution in [3.63, 3.8) is 0 Å². The maximum absolute atomic E-state index is 13.1. The summed E-state index contributed by atoms with van der Waals surface area (Å²) in [5.74, 6) is -2.08. The molecule has 0 amide bonds. The van der Waals surface area contributed by atoms with Gasteiger partial charge >= 0.3 is 11.9 Å². The van der Waals surface area contributed by atoms with Crippen LogP contribution >= 0.6 is 63.7 Å². The quantitative estimate of drug-likeness (QED) is 0.222. The topological polar surface area (TPSA) is 165 Å². The lowest BCUT2D eigenvalue weighted by molar-refractivity contribution is -0.137. The molecule has 0 fully saturated rings. The molecule has 0 aromatic carbocycles. The second-order valence-electron chi connectivity index (χ2n) is 11.7. The number of hydrogen-bond donors (Lipinski definition) is 4. The number of nitrogens with one attached hydrogen (secondary N) is 1. The number of aliphatic hydroxyl groups is 1. The number of carbonyl (C=O) groups excluding carboxylic acids is 1. The highest BCUT2D eigenvalue weighted by molar-refractivity contribution is 9.15. The van der Waals surface area contributed by atoms with Gasteiger partial charge in [0.2, 0.25) is 0 Å². The van der Waals surface area contributed by atoms with Crippen LogP contribution in [-0.4, -0.2) is 55.2 Å². The smallest absolute Gasteiger partial charge is 0.303 e. The van der Waals surface area contributed by atoms with Gasteiger partial charge in [-0.3, -0.25) is 14.4 Å². The molecule has 14 heteroatoms. The Balaban J connectivity index is 2.00. The second-order valence-corrected chi connectivity index (χ2v) is 14.9. The van der Waals surface area contributed by atoms with Crippen LogP contribution in [0.2, 0.25) is 0 Å². The molecule has 0 spiro atoms. The molecule has 0 radical (unpaired) electrons. The number of nitrogens with zero attached hydrogens (tertiary/aromatic N) is 3. The highest BCUT2D eigenvalue weighted by Gasteiger charge is 2.35. The number of ketones is 1. The van der Waals surface area contributed by atoms with E-state index >= 15 is 0 Å². The second kappa shape index (κ2) is 13.6. The number of carboxylic acid groups (broad SMARTS) is 2. The fourth-order valence-electron chi connectivity index (χ4n) is 6.28. The molecule has 4 aliphatic heterocycles. The molecule has 0 unspecified atom stereocenters. The van der Waals surface area contributed by atoms with E-state index in [4.69, 9.17) is 15.0 Å². The molecule has 5 rings (SSSR count). The lowest BCUT2D eigenvalue weighted by atomic mass is 9.96. The highest BCUT2D eigenvalue weighted by atomic mass is 79.9. The van der Waals surface area contributed by atoms with Crippen LogP contribution in [0.25, 0.3) is 14.7 Å². The summed E-state index contributed by atoms with van der Waals surface area (Å²) in [6, 6.07) is 0. The van der Waals surface area contributed by atoms with E-state index in [0.29, 0.717) is 96.3 Å². The van der Waals surface area contributed by atoms with E-state index in [1.807, 2.05) is 27.7 Å². The van der Waals surface area contributed by atoms with Crippen LogP contribution in [0, 0.1) is 6.92 Å². The molecule has 0 saturated heterocycles. The number of fused-ring (bicyclic) bond motifs is 5. The lowest BCUT2D eigenvalue weighted by Crippen LogP contribution is -2.29. The van der Waals surface area contributed by atoms with Crippen LogP contribution < -0.4 is 10.6 Å². The van der Waals surface area contributed by atoms with Gasteiger partial charge in [0, 0.05) is 23.6 Å². The van der Waals surface area contributed by atoms with Gasteiger partial charge in [-0.2, -0.15) is 0 Å². The summed E-state index contributed by atoms with van der Waals surface area (Å²) >= 11 is 15.0. The monoisotopic (exact) mass is 906 g/mol. The van der Waals surface area contributed by atoms with Crippen LogP contribution in [0.5, 0.6) is 0 Å². The molecule has 0 saturated carbocycles. The highest BCUT2D eigenvalue weighted by Crippen LogP contribution is 2.44. The Bertz CT molecular complexity index is 2200. The predicted molar refractivity (Wildman–Crippen MR) is 201 cm³/mol. The van der Waals surface area contributed by atoms with E-state index in [1.165, 1.54) is 6.92 Å². The summed E-state index contributed by atoms with van der Waals surface area (Å²) in [6.45, 7) is 10.4. The first-order chi connectivity index (χ1) is 22.5. The molecule has 4 N–H and O–H groups in total. The van der Waals surface area contributed by atoms with Crippen LogP contribution in [0.1, 0.15) is 71.6 Å². The number of H-pyrrole nitrogens is 1. The maximum atomic E-state index is 13.1. The zero-order valence-electron chi connectivity index (χ0n) is 26.7. The van der Waals surface area contributed by atoms with Crippen molar-refractivity contribution in [3.8, 4) is 0 Å². The molecule has 4 aliphatic rings. The Morgan fingerprint density at radius 2 is 1.17 bits per heavy atom. The largest absolute Gasteiger partial charge is 0.512 e. The first kappa shape index (κ1) is 36.1. The molecule has 5 heterocycles. The van der Waals surface area contributed by atoms with Crippen molar-refractivity contribution in [2.45, 2.75) is 67.2 Å². The van der Waals surface area contributed by atoms with E-state index in [0.717, 1.165) is 11.1 Å². The van der Waals surface area contributed by atoms with Gasteiger partial charge in [0.15, 0.2) is 5.78 Å². The first-order valence-electron chi connectivity index (χ1n) is 14.8. The standard InChI is InChI=1S/C34H30Br4N4O6/c1-11-17(7-9-19(45)46)31-26(38)32-18(8-10-20(47)48)12(2)28(40-32)24(36)33-22(16(6)44)14(4)30(42-33)25(37)34-21(15(5)43)13(3)29(41-34)23(35)27(11)39-31/h42,44H,7-10H2,1-6H3,(H,45,46)(H,47,48). The SMILES string of the molecule is CC(=O)C1=C(C)C2=NC1=C(Br)c1[nH]c(c(=C(C)O)c1C)=C(Br)C1=NC(=C(Br)C3=NC(=C2Br)C(C)=C3CCC(=O)O)C(CCC(=O)O)=C1C. The van der Waals surface area contributed by atoms with Crippen molar-refractivity contribution in [1.29, 1.82) is 0 Å². The maximum Gasteiger partial charge on any atom is 0.303 e. The first-order valence-corrected chi connectivity index (χ1v) is 18.0. The Hall–Kier alpha value is -3.20. The van der Waals surface area contributed by atoms with E-state index in [9.17, 15) is 29.7 Å². The number of rotatable bonds is 7. The third kappa shape index (κ3) is 6.09. The van der Waals surface area contributed by atoms with Crippen LogP contribution in [0.3, 0.4) is 0 Å². The summed E-state index contributed by atoms with van der Waals surface area (Å²) in [4.78, 5) is 55.0. The fourth-order valence-corrected chi connectivity index (χ4v) is 9.07. The summed E-state index contributed by atoms with van der Waals surface area (Å²) in [6.07, 6.45) is 0.0431. The number of carboxylic acids is 2. The Morgan fingerprint density at radius 1 is 0.646 bits per heavy atom. The molecular formula is C34H30Br4N4O6. The number of aliphatic imine (C=N–C) groups is 3. The summed E-state index contributed by atoms with van der Waals surface area (Å²) in [7, 11) is 0. The van der Waals surface area contributed by atoms with Crippen molar-refractivity contribution in [1.82, 2.24) is 4.98 Å². The predicted octanol–water partition coefficient (Wildman–Crippen LogP) is 7.43. The van der Waals surface area contributed by atoms with Gasteiger partial charge in [0.25, 0.3) is 0 Å². The zero-order chi connectivity index (χ0) is 35.5. The average molecular weight is 910 g/mol. The molecule has 48 heavy (non-hydrogen) atoms. The number of allylic oxidation sites excluding steroid dienone is 8. The molecule has 0 atom stereocenters. The van der Waals surface area contributed by atoms with Gasteiger partial charge in [0.05, 0.1) is 69.0 Å². The molecule has 10 nitrogen and oxygen atoms in total. The van der Waals surface area contributed by atoms with Gasteiger partial charge < -0.3 is 20.3 Å². The summed E-state index contributed by atoms with van der Waals surface area (Å²) in [5.41, 5.74) is 7.97. The Morgan fingerprint density at radius 3 is 1.73 bits per heavy atom. The molecule has 0 aliphatic carbocycles. The van der Waals surface area contributed by atoms with Crippen molar-refractivity contribution in [2.24, 2.45) is 15.0 Å². The minimum Gasteiger partial charge on any atom is -0.512 e. The van der Waals surface area contributed by atoms with Crippen LogP contribution in [-0.2, 0) is 14.4 Å². The van der Waals surface area contributed by atoms with E-state index < -0.39 is 11.9 Å². The number of halogens is 4. The molecule has 1 aromatic rings. The molecule has 250 valence electrons. The van der Waals surface area contributed by atoms with Gasteiger partial charge in [-0.05, 0) is 152 Å². The normalized spacial score (nSPS) is 18.8. The number of aromatic amines is 1. The minimum absolute atomic E-state index is 0.0467. The van der Waals surface area contributed by atoms with Gasteiger partial charge in [-0.25, -0.2) is 15.0 Å². The summed E-state index contributed by atoms with van der Waals surface area (Å²) < 4.78 is 2.01. The average Bonchev–Trinajstić information content (AvgIpc) is 3.73. The number of aromatic nitrogens is 1. The van der Waals surface area contributed by atoms with Gasteiger partial charge in [-0.1, -0.05) is 0 Å². The molecular weight excluding hydrogens is 880 g/mol. The number of aliphatic hydroxyl groups excluding tert-OH is 1. The minimum atomic E-state index is -0.970. The van der Waals surface area contributed by atoms with E-state index in [2.05, 4.69) is 68.7 Å². The third-order valence-electron chi connectivity index (χ3n) is 8.65. The fraction of sp³-hybridized carbons (Fsp3) is 0.294. The Labute approximate surface area is 309 Å². The zero-order valence-corrected chi connectivity index (χ0v) is 33.1. The van der Waals surface area contributed by atoms with Crippen molar-refractivity contribution >= 4 is 113 Å². The molecule has 1 aromatic heterocycles. The number of carbonyl (C=O) groups is 3. The number of hydrogen-bond acceptors (Lipinski definition) is 7. The number of Topliss-reactive ketones (excluding diaryl/α,β-unsaturated/α-hetero) is 1. The van der Waals surface area contributed by atoms with Crippen molar-refractivity contribution < 1.29 is 29.7 Å². The summed E-state index contributed by atoms with van der Waals surface area (Å²) in [5, 5.41) is 31.2. The van der Waals surface area contributed by atoms with Gasteiger partial charge in [0.1, 0.15) is 0 Å². The van der Waals surface area contributed by atoms with Crippen molar-refractivity contribution in [2.75, 3.05) is 0 Å². The van der Waals surface area contributed by atoms with Crippen LogP contribution in [0.15, 0.2) is 74.5 Å².